The van der Waals surface area contributed by atoms with E-state index in [2.05, 4.69) is 20.9 Å². The summed E-state index contributed by atoms with van der Waals surface area (Å²) in [5.74, 6) is 1.34. The number of nitrogens with zero attached hydrogens (tertiary/aromatic N) is 1. The van der Waals surface area contributed by atoms with Gasteiger partial charge in [-0.2, -0.15) is 0 Å². The number of rotatable bonds is 2. The van der Waals surface area contributed by atoms with E-state index >= 15 is 0 Å². The standard InChI is InChI=1S/C14H15BrN2O/c1-8-4-11(15)14(17-7-8)18-13-6-9(2)12(16)5-10(13)3/h4-7H,16H2,1-3H3. The molecule has 0 unspecified atom stereocenters. The van der Waals surface area contributed by atoms with Gasteiger partial charge in [0.05, 0.1) is 4.47 Å². The van der Waals surface area contributed by atoms with E-state index in [9.17, 15) is 0 Å². The first-order chi connectivity index (χ1) is 8.47. The smallest absolute Gasteiger partial charge is 0.233 e. The Labute approximate surface area is 115 Å². The van der Waals surface area contributed by atoms with Crippen molar-refractivity contribution >= 4 is 21.6 Å². The van der Waals surface area contributed by atoms with E-state index in [0.29, 0.717) is 5.88 Å². The van der Waals surface area contributed by atoms with Gasteiger partial charge >= 0.3 is 0 Å². The van der Waals surface area contributed by atoms with Crippen molar-refractivity contribution in [1.82, 2.24) is 4.98 Å². The molecule has 1 aromatic carbocycles. The molecule has 0 spiro atoms. The number of hydrogen-bond donors (Lipinski definition) is 1. The number of anilines is 1. The van der Waals surface area contributed by atoms with Crippen LogP contribution in [0.1, 0.15) is 16.7 Å². The lowest BCUT2D eigenvalue weighted by Crippen LogP contribution is -1.96. The quantitative estimate of drug-likeness (QED) is 0.848. The lowest BCUT2D eigenvalue weighted by atomic mass is 10.1. The zero-order chi connectivity index (χ0) is 13.3. The molecule has 0 atom stereocenters. The Bertz CT molecular complexity index is 597. The van der Waals surface area contributed by atoms with Crippen LogP contribution in [0.2, 0.25) is 0 Å². The van der Waals surface area contributed by atoms with Crippen molar-refractivity contribution in [3.8, 4) is 11.6 Å². The van der Waals surface area contributed by atoms with E-state index in [0.717, 1.165) is 32.6 Å². The first kappa shape index (κ1) is 12.9. The minimum Gasteiger partial charge on any atom is -0.438 e. The number of benzene rings is 1. The highest BCUT2D eigenvalue weighted by molar-refractivity contribution is 9.10. The van der Waals surface area contributed by atoms with Gasteiger partial charge in [0.2, 0.25) is 5.88 Å². The van der Waals surface area contributed by atoms with E-state index in [1.807, 2.05) is 39.0 Å². The van der Waals surface area contributed by atoms with Crippen molar-refractivity contribution in [3.05, 3.63) is 45.6 Å². The lowest BCUT2D eigenvalue weighted by molar-refractivity contribution is 0.455. The molecule has 0 fully saturated rings. The molecule has 0 bridgehead atoms. The van der Waals surface area contributed by atoms with E-state index in [1.54, 1.807) is 6.20 Å². The van der Waals surface area contributed by atoms with Gasteiger partial charge in [-0.15, -0.1) is 0 Å². The number of ether oxygens (including phenoxy) is 1. The first-order valence-corrected chi connectivity index (χ1v) is 6.43. The molecule has 2 aromatic rings. The molecule has 4 heteroatoms. The Hall–Kier alpha value is -1.55. The van der Waals surface area contributed by atoms with Crippen molar-refractivity contribution in [1.29, 1.82) is 0 Å². The monoisotopic (exact) mass is 306 g/mol. The molecule has 3 nitrogen and oxygen atoms in total. The van der Waals surface area contributed by atoms with Crippen LogP contribution in [-0.4, -0.2) is 4.98 Å². The van der Waals surface area contributed by atoms with Gasteiger partial charge in [-0.25, -0.2) is 4.98 Å². The number of aromatic nitrogens is 1. The van der Waals surface area contributed by atoms with Gasteiger partial charge in [-0.3, -0.25) is 0 Å². The molecule has 1 aromatic heterocycles. The van der Waals surface area contributed by atoms with E-state index in [-0.39, 0.29) is 0 Å². The van der Waals surface area contributed by atoms with Crippen LogP contribution >= 0.6 is 15.9 Å². The maximum atomic E-state index is 5.85. The third-order valence-electron chi connectivity index (χ3n) is 2.71. The molecular formula is C14H15BrN2O. The van der Waals surface area contributed by atoms with Crippen molar-refractivity contribution < 1.29 is 4.74 Å². The van der Waals surface area contributed by atoms with Gasteiger partial charge in [0.1, 0.15) is 5.75 Å². The van der Waals surface area contributed by atoms with Crippen LogP contribution in [0.15, 0.2) is 28.9 Å². The summed E-state index contributed by atoms with van der Waals surface area (Å²) in [6, 6.07) is 5.81. The van der Waals surface area contributed by atoms with Gasteiger partial charge in [0.25, 0.3) is 0 Å². The molecular weight excluding hydrogens is 292 g/mol. The number of hydrogen-bond acceptors (Lipinski definition) is 3. The Balaban J connectivity index is 2.37. The van der Waals surface area contributed by atoms with Crippen LogP contribution in [0.3, 0.4) is 0 Å². The number of nitrogens with two attached hydrogens (primary N) is 1. The molecule has 0 amide bonds. The fourth-order valence-electron chi connectivity index (χ4n) is 1.62. The number of pyridine rings is 1. The summed E-state index contributed by atoms with van der Waals surface area (Å²) in [4.78, 5) is 4.27. The number of aryl methyl sites for hydroxylation is 3. The molecule has 2 N–H and O–H groups in total. The summed E-state index contributed by atoms with van der Waals surface area (Å²) >= 11 is 3.45. The van der Waals surface area contributed by atoms with Crippen LogP contribution in [0.4, 0.5) is 5.69 Å². The van der Waals surface area contributed by atoms with E-state index in [1.165, 1.54) is 0 Å². The molecule has 2 rings (SSSR count). The molecule has 94 valence electrons. The van der Waals surface area contributed by atoms with Crippen LogP contribution in [0.25, 0.3) is 0 Å². The third kappa shape index (κ3) is 2.64. The zero-order valence-corrected chi connectivity index (χ0v) is 12.2. The largest absolute Gasteiger partial charge is 0.438 e. The SMILES string of the molecule is Cc1cnc(Oc2cc(C)c(N)cc2C)c(Br)c1. The van der Waals surface area contributed by atoms with Crippen molar-refractivity contribution in [2.24, 2.45) is 0 Å². The van der Waals surface area contributed by atoms with Gasteiger partial charge in [0, 0.05) is 11.9 Å². The minimum absolute atomic E-state index is 0.563. The summed E-state index contributed by atoms with van der Waals surface area (Å²) < 4.78 is 6.66. The van der Waals surface area contributed by atoms with Crippen molar-refractivity contribution in [2.75, 3.05) is 5.73 Å². The van der Waals surface area contributed by atoms with Gasteiger partial charge in [-0.1, -0.05) is 0 Å². The second-order valence-electron chi connectivity index (χ2n) is 4.38. The summed E-state index contributed by atoms with van der Waals surface area (Å²) in [5, 5.41) is 0. The second kappa shape index (κ2) is 4.98. The molecule has 0 aliphatic carbocycles. The summed E-state index contributed by atoms with van der Waals surface area (Å²) in [6.07, 6.45) is 1.78. The van der Waals surface area contributed by atoms with Crippen LogP contribution < -0.4 is 10.5 Å². The third-order valence-corrected chi connectivity index (χ3v) is 3.28. The van der Waals surface area contributed by atoms with Crippen LogP contribution in [0, 0.1) is 20.8 Å². The maximum Gasteiger partial charge on any atom is 0.233 e. The van der Waals surface area contributed by atoms with E-state index < -0.39 is 0 Å². The molecule has 18 heavy (non-hydrogen) atoms. The highest BCUT2D eigenvalue weighted by Crippen LogP contribution is 2.31. The summed E-state index contributed by atoms with van der Waals surface area (Å²) in [7, 11) is 0. The number of nitrogen functional groups attached to an aromatic ring is 1. The predicted octanol–water partition coefficient (Wildman–Crippen LogP) is 4.14. The Kier molecular flexibility index (Phi) is 3.57. The number of halogens is 1. The highest BCUT2D eigenvalue weighted by Gasteiger charge is 2.08. The molecule has 0 radical (unpaired) electrons. The Morgan fingerprint density at radius 1 is 1.11 bits per heavy atom. The van der Waals surface area contributed by atoms with Gasteiger partial charge in [0.15, 0.2) is 0 Å². The molecule has 0 saturated heterocycles. The lowest BCUT2D eigenvalue weighted by Gasteiger charge is -2.11. The minimum atomic E-state index is 0.563. The summed E-state index contributed by atoms with van der Waals surface area (Å²) in [6.45, 7) is 5.91. The second-order valence-corrected chi connectivity index (χ2v) is 5.23. The van der Waals surface area contributed by atoms with Crippen LogP contribution in [0.5, 0.6) is 11.6 Å². The first-order valence-electron chi connectivity index (χ1n) is 5.64. The maximum absolute atomic E-state index is 5.85. The van der Waals surface area contributed by atoms with Gasteiger partial charge in [-0.05, 0) is 71.6 Å². The molecule has 0 aliphatic heterocycles. The Morgan fingerprint density at radius 3 is 2.50 bits per heavy atom. The van der Waals surface area contributed by atoms with Crippen molar-refractivity contribution in [3.63, 3.8) is 0 Å². The molecule has 0 aliphatic rings. The average molecular weight is 307 g/mol. The average Bonchev–Trinajstić information content (AvgIpc) is 2.29. The van der Waals surface area contributed by atoms with Crippen LogP contribution in [-0.2, 0) is 0 Å². The molecule has 1 heterocycles. The fraction of sp³-hybridized carbons (Fsp3) is 0.214. The predicted molar refractivity (Wildman–Crippen MR) is 77.1 cm³/mol. The molecule has 0 saturated carbocycles. The van der Waals surface area contributed by atoms with Crippen molar-refractivity contribution in [2.45, 2.75) is 20.8 Å². The Morgan fingerprint density at radius 2 is 1.83 bits per heavy atom. The van der Waals surface area contributed by atoms with Gasteiger partial charge < -0.3 is 10.5 Å². The topological polar surface area (TPSA) is 48.1 Å². The highest BCUT2D eigenvalue weighted by atomic mass is 79.9. The fourth-order valence-corrected chi connectivity index (χ4v) is 2.17. The van der Waals surface area contributed by atoms with E-state index in [4.69, 9.17) is 10.5 Å². The normalized spacial score (nSPS) is 10.4. The zero-order valence-electron chi connectivity index (χ0n) is 10.6. The summed E-state index contributed by atoms with van der Waals surface area (Å²) in [5.41, 5.74) is 9.70.